The number of hydrogen-bond donors (Lipinski definition) is 1. The highest BCUT2D eigenvalue weighted by Crippen LogP contribution is 2.08. The first kappa shape index (κ1) is 14.7. The normalized spacial score (nSPS) is 12.4. The quantitative estimate of drug-likeness (QED) is 0.785. The summed E-state index contributed by atoms with van der Waals surface area (Å²) < 4.78 is 1.54. The van der Waals surface area contributed by atoms with Gasteiger partial charge < -0.3 is 10.2 Å². The first-order chi connectivity index (χ1) is 8.62. The average molecular weight is 252 g/mol. The van der Waals surface area contributed by atoms with Gasteiger partial charge in [0.1, 0.15) is 0 Å². The van der Waals surface area contributed by atoms with Crippen molar-refractivity contribution in [1.82, 2.24) is 15.1 Å². The lowest BCUT2D eigenvalue weighted by Gasteiger charge is -2.20. The Balaban J connectivity index is 2.83. The van der Waals surface area contributed by atoms with Gasteiger partial charge in [-0.1, -0.05) is 6.92 Å². The van der Waals surface area contributed by atoms with Gasteiger partial charge in [-0.2, -0.15) is 5.10 Å². The number of aromatic nitrogens is 2. The molecule has 1 heterocycles. The predicted molar refractivity (Wildman–Crippen MR) is 75.1 cm³/mol. The fourth-order valence-electron chi connectivity index (χ4n) is 2.03. The Kier molecular flexibility index (Phi) is 5.85. The summed E-state index contributed by atoms with van der Waals surface area (Å²) in [4.78, 5) is 14.1. The van der Waals surface area contributed by atoms with E-state index in [1.165, 1.54) is 4.68 Å². The third-order valence-corrected chi connectivity index (χ3v) is 3.02. The van der Waals surface area contributed by atoms with Gasteiger partial charge in [0.2, 0.25) is 0 Å². The van der Waals surface area contributed by atoms with Gasteiger partial charge in [-0.05, 0) is 33.4 Å². The van der Waals surface area contributed by atoms with Crippen molar-refractivity contribution in [2.45, 2.75) is 27.3 Å². The molecule has 0 saturated heterocycles. The Labute approximate surface area is 109 Å². The molecule has 5 nitrogen and oxygen atoms in total. The second-order valence-electron chi connectivity index (χ2n) is 4.57. The number of nitrogens with zero attached hydrogens (tertiary/aromatic N) is 3. The van der Waals surface area contributed by atoms with Crippen LogP contribution in [-0.4, -0.2) is 36.5 Å². The first-order valence-corrected chi connectivity index (χ1v) is 6.59. The van der Waals surface area contributed by atoms with Gasteiger partial charge >= 0.3 is 0 Å². The molecule has 1 aromatic heterocycles. The molecule has 0 radical (unpaired) electrons. The predicted octanol–water partition coefficient (Wildman–Crippen LogP) is 0.945. The molecule has 0 amide bonds. The van der Waals surface area contributed by atoms with Crippen molar-refractivity contribution in [1.29, 1.82) is 0 Å². The minimum absolute atomic E-state index is 0.0256. The Morgan fingerprint density at radius 1 is 1.44 bits per heavy atom. The number of rotatable bonds is 7. The number of nitrogens with one attached hydrogen (secondary N) is 1. The van der Waals surface area contributed by atoms with Gasteiger partial charge in [-0.3, -0.25) is 4.79 Å². The molecular weight excluding hydrogens is 228 g/mol. The van der Waals surface area contributed by atoms with Gasteiger partial charge in [0.25, 0.3) is 5.56 Å². The molecule has 0 aliphatic rings. The highest BCUT2D eigenvalue weighted by Gasteiger charge is 2.08. The summed E-state index contributed by atoms with van der Waals surface area (Å²) in [6.07, 6.45) is 1.78. The van der Waals surface area contributed by atoms with Crippen molar-refractivity contribution in [3.8, 4) is 0 Å². The van der Waals surface area contributed by atoms with Crippen LogP contribution in [0.3, 0.4) is 0 Å². The molecule has 0 fully saturated rings. The van der Waals surface area contributed by atoms with Gasteiger partial charge in [-0.15, -0.1) is 0 Å². The molecule has 0 aliphatic carbocycles. The topological polar surface area (TPSA) is 50.2 Å². The van der Waals surface area contributed by atoms with Crippen molar-refractivity contribution in [2.24, 2.45) is 5.92 Å². The van der Waals surface area contributed by atoms with E-state index in [2.05, 4.69) is 36.1 Å². The zero-order valence-electron chi connectivity index (χ0n) is 11.8. The fraction of sp³-hybridized carbons (Fsp3) is 0.692. The highest BCUT2D eigenvalue weighted by atomic mass is 16.1. The summed E-state index contributed by atoms with van der Waals surface area (Å²) in [6.45, 7) is 9.55. The van der Waals surface area contributed by atoms with Crippen LogP contribution in [-0.2, 0) is 6.54 Å². The second kappa shape index (κ2) is 7.16. The Morgan fingerprint density at radius 3 is 2.61 bits per heavy atom. The van der Waals surface area contributed by atoms with Crippen LogP contribution in [0.4, 0.5) is 5.69 Å². The molecule has 1 atom stereocenters. The maximum absolute atomic E-state index is 12.0. The van der Waals surface area contributed by atoms with E-state index in [0.717, 1.165) is 25.3 Å². The summed E-state index contributed by atoms with van der Waals surface area (Å²) in [5, 5.41) is 7.36. The minimum atomic E-state index is -0.0256. The van der Waals surface area contributed by atoms with Crippen LogP contribution in [0, 0.1) is 5.92 Å². The summed E-state index contributed by atoms with van der Waals surface area (Å²) >= 11 is 0. The lowest BCUT2D eigenvalue weighted by Crippen LogP contribution is -2.31. The van der Waals surface area contributed by atoms with E-state index >= 15 is 0 Å². The van der Waals surface area contributed by atoms with Crippen LogP contribution >= 0.6 is 0 Å². The zero-order valence-corrected chi connectivity index (χ0v) is 11.8. The molecule has 102 valence electrons. The van der Waals surface area contributed by atoms with Crippen LogP contribution in [0.5, 0.6) is 0 Å². The number of anilines is 1. The van der Waals surface area contributed by atoms with E-state index < -0.39 is 0 Å². The van der Waals surface area contributed by atoms with E-state index in [9.17, 15) is 4.79 Å². The molecule has 0 aliphatic heterocycles. The molecule has 1 N–H and O–H groups in total. The molecule has 1 rings (SSSR count). The summed E-state index contributed by atoms with van der Waals surface area (Å²) in [6, 6.07) is 1.67. The number of hydrogen-bond acceptors (Lipinski definition) is 4. The van der Waals surface area contributed by atoms with Crippen LogP contribution in [0.25, 0.3) is 0 Å². The van der Waals surface area contributed by atoms with Crippen LogP contribution in [0.15, 0.2) is 17.1 Å². The Morgan fingerprint density at radius 2 is 2.11 bits per heavy atom. The maximum atomic E-state index is 12.0. The van der Waals surface area contributed by atoms with Gasteiger partial charge in [0.15, 0.2) is 0 Å². The van der Waals surface area contributed by atoms with Gasteiger partial charge in [-0.25, -0.2) is 4.68 Å². The highest BCUT2D eigenvalue weighted by molar-refractivity contribution is 5.42. The molecule has 1 unspecified atom stereocenters. The fourth-order valence-corrected chi connectivity index (χ4v) is 2.03. The SMILES string of the molecule is CCN(CC)c1cnn(CC(C)CNC)c(=O)c1. The third-order valence-electron chi connectivity index (χ3n) is 3.02. The molecule has 5 heteroatoms. The largest absolute Gasteiger partial charge is 0.371 e. The minimum Gasteiger partial charge on any atom is -0.371 e. The summed E-state index contributed by atoms with van der Waals surface area (Å²) in [7, 11) is 1.91. The molecule has 0 spiro atoms. The summed E-state index contributed by atoms with van der Waals surface area (Å²) in [5.41, 5.74) is 0.880. The van der Waals surface area contributed by atoms with E-state index in [0.29, 0.717) is 12.5 Å². The Bertz CT molecular complexity index is 412. The van der Waals surface area contributed by atoms with E-state index in [1.807, 2.05) is 7.05 Å². The molecule has 0 aromatic carbocycles. The van der Waals surface area contributed by atoms with E-state index in [4.69, 9.17) is 0 Å². The van der Waals surface area contributed by atoms with Crippen molar-refractivity contribution in [2.75, 3.05) is 31.6 Å². The smallest absolute Gasteiger partial charge is 0.268 e. The molecular formula is C13H24N4O. The third kappa shape index (κ3) is 3.84. The standard InChI is InChI=1S/C13H24N4O/c1-5-16(6-2)12-7-13(18)17(15-9-12)10-11(3)8-14-4/h7,9,11,14H,5-6,8,10H2,1-4H3. The average Bonchev–Trinajstić information content (AvgIpc) is 2.34. The lowest BCUT2D eigenvalue weighted by atomic mass is 10.2. The van der Waals surface area contributed by atoms with Gasteiger partial charge in [0, 0.05) is 25.7 Å². The Hall–Kier alpha value is -1.36. The van der Waals surface area contributed by atoms with Crippen LogP contribution in [0.2, 0.25) is 0 Å². The van der Waals surface area contributed by atoms with Crippen molar-refractivity contribution >= 4 is 5.69 Å². The van der Waals surface area contributed by atoms with Crippen molar-refractivity contribution in [3.05, 3.63) is 22.6 Å². The lowest BCUT2D eigenvalue weighted by molar-refractivity contribution is 0.421. The molecule has 0 saturated carbocycles. The first-order valence-electron chi connectivity index (χ1n) is 6.59. The van der Waals surface area contributed by atoms with Crippen LogP contribution in [0.1, 0.15) is 20.8 Å². The maximum Gasteiger partial charge on any atom is 0.268 e. The monoisotopic (exact) mass is 252 g/mol. The summed E-state index contributed by atoms with van der Waals surface area (Å²) in [5.74, 6) is 0.388. The molecule has 1 aromatic rings. The van der Waals surface area contributed by atoms with E-state index in [1.54, 1.807) is 12.3 Å². The molecule has 0 bridgehead atoms. The van der Waals surface area contributed by atoms with Crippen molar-refractivity contribution < 1.29 is 0 Å². The zero-order chi connectivity index (χ0) is 13.5. The van der Waals surface area contributed by atoms with Crippen molar-refractivity contribution in [3.63, 3.8) is 0 Å². The van der Waals surface area contributed by atoms with Crippen LogP contribution < -0.4 is 15.8 Å². The second-order valence-corrected chi connectivity index (χ2v) is 4.57. The van der Waals surface area contributed by atoms with E-state index in [-0.39, 0.29) is 5.56 Å². The molecule has 18 heavy (non-hydrogen) atoms. The van der Waals surface area contributed by atoms with Gasteiger partial charge in [0.05, 0.1) is 11.9 Å².